The van der Waals surface area contributed by atoms with E-state index >= 15 is 0 Å². The molecule has 1 heterocycles. The summed E-state index contributed by atoms with van der Waals surface area (Å²) in [6.07, 6.45) is 1.57. The highest BCUT2D eigenvalue weighted by Gasteiger charge is 2.07. The molecule has 2 aromatic rings. The second-order valence-corrected chi connectivity index (χ2v) is 4.68. The molecule has 0 saturated heterocycles. The smallest absolute Gasteiger partial charge is 0.321 e. The Morgan fingerprint density at radius 1 is 1.28 bits per heavy atom. The molecule has 0 saturated carbocycles. The highest BCUT2D eigenvalue weighted by atomic mass is 35.5. The van der Waals surface area contributed by atoms with E-state index in [2.05, 4.69) is 22.4 Å². The number of halogens is 2. The second kappa shape index (κ2) is 6.07. The Bertz CT molecular complexity index is 528. The van der Waals surface area contributed by atoms with Crippen molar-refractivity contribution in [2.75, 3.05) is 11.9 Å². The third-order valence-electron chi connectivity index (χ3n) is 2.34. The van der Waals surface area contributed by atoms with E-state index < -0.39 is 0 Å². The van der Waals surface area contributed by atoms with Crippen LogP contribution in [0.2, 0.25) is 10.0 Å². The maximum atomic E-state index is 5.95. The summed E-state index contributed by atoms with van der Waals surface area (Å²) in [5, 5.41) is 8.00. The van der Waals surface area contributed by atoms with Crippen LogP contribution in [0.25, 0.3) is 0 Å². The first-order valence-corrected chi connectivity index (χ1v) is 6.45. The van der Waals surface area contributed by atoms with Gasteiger partial charge in [0, 0.05) is 13.0 Å². The molecule has 0 aliphatic rings. The maximum absolute atomic E-state index is 5.95. The van der Waals surface area contributed by atoms with Gasteiger partial charge in [-0.15, -0.1) is 0 Å². The Labute approximate surface area is 115 Å². The number of aromatic nitrogens is 2. The predicted octanol–water partition coefficient (Wildman–Crippen LogP) is 3.79. The maximum Gasteiger partial charge on any atom is 0.321 e. The lowest BCUT2D eigenvalue weighted by Crippen LogP contribution is -1.99. The molecule has 4 nitrogen and oxygen atoms in total. The third-order valence-corrected chi connectivity index (χ3v) is 3.08. The Morgan fingerprint density at radius 3 is 2.83 bits per heavy atom. The summed E-state index contributed by atoms with van der Waals surface area (Å²) in [5.74, 6) is 0.618. The van der Waals surface area contributed by atoms with Gasteiger partial charge in [-0.25, -0.2) is 0 Å². The van der Waals surface area contributed by atoms with E-state index in [1.165, 1.54) is 0 Å². The van der Waals surface area contributed by atoms with Gasteiger partial charge in [0.25, 0.3) is 0 Å². The van der Waals surface area contributed by atoms with Crippen molar-refractivity contribution in [2.45, 2.75) is 19.8 Å². The molecule has 1 aromatic heterocycles. The molecule has 0 aliphatic heterocycles. The minimum absolute atomic E-state index is 0.451. The highest BCUT2D eigenvalue weighted by Crippen LogP contribution is 2.23. The number of rotatable bonds is 5. The van der Waals surface area contributed by atoms with Gasteiger partial charge in [-0.3, -0.25) is 0 Å². The van der Waals surface area contributed by atoms with Crippen LogP contribution >= 0.6 is 23.2 Å². The van der Waals surface area contributed by atoms with Gasteiger partial charge in [0.1, 0.15) is 0 Å². The van der Waals surface area contributed by atoms with E-state index in [4.69, 9.17) is 27.7 Å². The highest BCUT2D eigenvalue weighted by molar-refractivity contribution is 6.42. The number of anilines is 1. The SMILES string of the molecule is CCCNc1nc(Cc2ccc(Cl)c(Cl)c2)no1. The van der Waals surface area contributed by atoms with Crippen LogP contribution in [0.4, 0.5) is 6.01 Å². The van der Waals surface area contributed by atoms with Gasteiger partial charge in [0.2, 0.25) is 0 Å². The van der Waals surface area contributed by atoms with Gasteiger partial charge < -0.3 is 9.84 Å². The molecular weight excluding hydrogens is 273 g/mol. The van der Waals surface area contributed by atoms with Crippen molar-refractivity contribution in [3.8, 4) is 0 Å². The molecule has 0 fully saturated rings. The Morgan fingerprint density at radius 2 is 2.11 bits per heavy atom. The van der Waals surface area contributed by atoms with Crippen molar-refractivity contribution in [3.63, 3.8) is 0 Å². The van der Waals surface area contributed by atoms with Crippen molar-refractivity contribution in [1.82, 2.24) is 10.1 Å². The number of nitrogens with one attached hydrogen (secondary N) is 1. The number of hydrogen-bond donors (Lipinski definition) is 1. The summed E-state index contributed by atoms with van der Waals surface area (Å²) >= 11 is 11.8. The first-order valence-electron chi connectivity index (χ1n) is 5.69. The molecule has 1 N–H and O–H groups in total. The standard InChI is InChI=1S/C12H13Cl2N3O/c1-2-5-15-12-16-11(17-18-12)7-8-3-4-9(13)10(14)6-8/h3-4,6H,2,5,7H2,1H3,(H,15,16,17). The predicted molar refractivity (Wildman–Crippen MR) is 72.3 cm³/mol. The van der Waals surface area contributed by atoms with Crippen molar-refractivity contribution < 1.29 is 4.52 Å². The summed E-state index contributed by atoms with van der Waals surface area (Å²) in [6, 6.07) is 5.91. The van der Waals surface area contributed by atoms with Crippen molar-refractivity contribution in [3.05, 3.63) is 39.6 Å². The summed E-state index contributed by atoms with van der Waals surface area (Å²) in [4.78, 5) is 4.23. The minimum Gasteiger partial charge on any atom is -0.338 e. The summed E-state index contributed by atoms with van der Waals surface area (Å²) in [5.41, 5.74) is 0.993. The van der Waals surface area contributed by atoms with Gasteiger partial charge in [-0.05, 0) is 24.1 Å². The largest absolute Gasteiger partial charge is 0.338 e. The van der Waals surface area contributed by atoms with Gasteiger partial charge in [0.15, 0.2) is 5.82 Å². The van der Waals surface area contributed by atoms with Crippen LogP contribution in [0.5, 0.6) is 0 Å². The number of nitrogens with zero attached hydrogens (tertiary/aromatic N) is 2. The molecule has 6 heteroatoms. The summed E-state index contributed by atoms with van der Waals surface area (Å²) in [6.45, 7) is 2.88. The second-order valence-electron chi connectivity index (χ2n) is 3.87. The lowest BCUT2D eigenvalue weighted by Gasteiger charge is -1.99. The van der Waals surface area contributed by atoms with E-state index in [0.29, 0.717) is 28.3 Å². The van der Waals surface area contributed by atoms with E-state index in [1.54, 1.807) is 12.1 Å². The molecule has 0 aliphatic carbocycles. The van der Waals surface area contributed by atoms with E-state index in [-0.39, 0.29) is 0 Å². The van der Waals surface area contributed by atoms with Crippen LogP contribution < -0.4 is 5.32 Å². The molecule has 0 radical (unpaired) electrons. The van der Waals surface area contributed by atoms with Gasteiger partial charge >= 0.3 is 6.01 Å². The molecule has 0 bridgehead atoms. The Hall–Kier alpha value is -1.26. The molecule has 0 atom stereocenters. The fraction of sp³-hybridized carbons (Fsp3) is 0.333. The normalized spacial score (nSPS) is 10.6. The van der Waals surface area contributed by atoms with Crippen LogP contribution in [0.15, 0.2) is 22.7 Å². The molecule has 0 unspecified atom stereocenters. The quantitative estimate of drug-likeness (QED) is 0.908. The van der Waals surface area contributed by atoms with Crippen LogP contribution in [0.1, 0.15) is 24.7 Å². The Balaban J connectivity index is 2.04. The van der Waals surface area contributed by atoms with E-state index in [9.17, 15) is 0 Å². The van der Waals surface area contributed by atoms with Crippen LogP contribution in [0, 0.1) is 0 Å². The van der Waals surface area contributed by atoms with Gasteiger partial charge in [-0.1, -0.05) is 41.3 Å². The van der Waals surface area contributed by atoms with E-state index in [1.807, 2.05) is 6.07 Å². The van der Waals surface area contributed by atoms with E-state index in [0.717, 1.165) is 18.5 Å². The topological polar surface area (TPSA) is 51.0 Å². The average molecular weight is 286 g/mol. The average Bonchev–Trinajstić information content (AvgIpc) is 2.79. The zero-order chi connectivity index (χ0) is 13.0. The molecule has 1 aromatic carbocycles. The van der Waals surface area contributed by atoms with Crippen LogP contribution in [-0.4, -0.2) is 16.7 Å². The molecule has 96 valence electrons. The fourth-order valence-electron chi connectivity index (χ4n) is 1.46. The molecule has 0 amide bonds. The Kier molecular flexibility index (Phi) is 4.44. The van der Waals surface area contributed by atoms with Crippen molar-refractivity contribution >= 4 is 29.2 Å². The summed E-state index contributed by atoms with van der Waals surface area (Å²) < 4.78 is 5.06. The first kappa shape index (κ1) is 13.2. The molecule has 2 rings (SSSR count). The minimum atomic E-state index is 0.451. The zero-order valence-corrected chi connectivity index (χ0v) is 11.4. The first-order chi connectivity index (χ1) is 8.69. The molecule has 0 spiro atoms. The van der Waals surface area contributed by atoms with Crippen molar-refractivity contribution in [2.24, 2.45) is 0 Å². The molecule has 18 heavy (non-hydrogen) atoms. The monoisotopic (exact) mass is 285 g/mol. The van der Waals surface area contributed by atoms with Crippen LogP contribution in [-0.2, 0) is 6.42 Å². The van der Waals surface area contributed by atoms with Gasteiger partial charge in [0.05, 0.1) is 10.0 Å². The third kappa shape index (κ3) is 3.37. The van der Waals surface area contributed by atoms with Crippen molar-refractivity contribution in [1.29, 1.82) is 0 Å². The lowest BCUT2D eigenvalue weighted by molar-refractivity contribution is 0.423. The summed E-state index contributed by atoms with van der Waals surface area (Å²) in [7, 11) is 0. The lowest BCUT2D eigenvalue weighted by atomic mass is 10.1. The number of hydrogen-bond acceptors (Lipinski definition) is 4. The van der Waals surface area contributed by atoms with Crippen LogP contribution in [0.3, 0.4) is 0 Å². The fourth-order valence-corrected chi connectivity index (χ4v) is 1.78. The number of benzene rings is 1. The van der Waals surface area contributed by atoms with Gasteiger partial charge in [-0.2, -0.15) is 4.98 Å². The zero-order valence-electron chi connectivity index (χ0n) is 9.91. The molecular formula is C12H13Cl2N3O.